The summed E-state index contributed by atoms with van der Waals surface area (Å²) in [7, 11) is -2.63. The first kappa shape index (κ1) is 75.0. The molecule has 0 unspecified atom stereocenters. The number of carboxylic acids is 2. The number of carbonyl (C=O) groups is 2. The Kier molecular flexibility index (Phi) is 30.1. The zero-order valence-corrected chi connectivity index (χ0v) is 57.7. The molecule has 442 valence electrons. The second-order valence-corrected chi connectivity index (χ2v) is 39.3. The standard InChI is InChI=1S/C16H19N.C15H30Si.C13H14O2.C11H14O2.C10H14.C9H18Si/c1-16(2,3)17(14-10-6-4-7-11-14)15-12-8-5-9-13-15;1-12(2)16(13(3)4,14(5)6)11-10-15(7,8)9;1-13(2,3)9-8-10-4-6-11(7-5-10)12(14)15;1-11(2,3)9-6-4-8(5-7-9)10(12)13;1-10(2,3)9-7-5-4-6-8-9;1-9(2,3)7-8-10(4,5)6/h4-13H,1-3H3;12-14H,1-9H3;4-7H,1-3H3,(H,14,15);4-7H,1-3H3,(H,12,13);4-8H,1-3H3;1-6H3. The highest BCUT2D eigenvalue weighted by molar-refractivity contribution is 6.90. The Labute approximate surface area is 498 Å². The van der Waals surface area contributed by atoms with Crippen LogP contribution in [0.5, 0.6) is 0 Å². The molecule has 0 spiro atoms. The van der Waals surface area contributed by atoms with Crippen molar-refractivity contribution in [1.82, 2.24) is 0 Å². The summed E-state index contributed by atoms with van der Waals surface area (Å²) >= 11 is 0. The van der Waals surface area contributed by atoms with Gasteiger partial charge in [0.15, 0.2) is 0 Å². The molecule has 2 N–H and O–H groups in total. The lowest BCUT2D eigenvalue weighted by atomic mass is 9.87. The Morgan fingerprint density at radius 3 is 0.951 bits per heavy atom. The minimum atomic E-state index is -1.50. The Morgan fingerprint density at radius 2 is 0.704 bits per heavy atom. The van der Waals surface area contributed by atoms with Crippen molar-refractivity contribution in [2.75, 3.05) is 4.90 Å². The molecule has 0 aliphatic heterocycles. The van der Waals surface area contributed by atoms with Crippen LogP contribution in [0.2, 0.25) is 36.3 Å². The van der Waals surface area contributed by atoms with Gasteiger partial charge in [-0.2, -0.15) is 0 Å². The van der Waals surface area contributed by atoms with E-state index in [2.05, 4.69) is 296 Å². The van der Waals surface area contributed by atoms with Gasteiger partial charge in [-0.1, -0.05) is 193 Å². The molecule has 7 heteroatoms. The van der Waals surface area contributed by atoms with Crippen LogP contribution in [0.3, 0.4) is 0 Å². The number of para-hydroxylation sites is 2. The van der Waals surface area contributed by atoms with E-state index in [0.717, 1.165) is 27.8 Å². The van der Waals surface area contributed by atoms with Crippen LogP contribution in [-0.4, -0.2) is 43.8 Å². The van der Waals surface area contributed by atoms with Crippen LogP contribution in [0, 0.1) is 51.0 Å². The lowest BCUT2D eigenvalue weighted by molar-refractivity contribution is 0.0686. The predicted molar refractivity (Wildman–Crippen MR) is 361 cm³/mol. The molecule has 0 amide bonds. The van der Waals surface area contributed by atoms with E-state index in [-0.39, 0.29) is 32.8 Å². The maximum atomic E-state index is 10.6. The first-order valence-electron chi connectivity index (χ1n) is 29.0. The fraction of sp³-hybridized carbons (Fsp3) is 0.486. The molecule has 5 aromatic rings. The van der Waals surface area contributed by atoms with E-state index in [4.69, 9.17) is 10.2 Å². The van der Waals surface area contributed by atoms with Crippen LogP contribution in [0.4, 0.5) is 11.4 Å². The van der Waals surface area contributed by atoms with Crippen molar-refractivity contribution >= 4 is 39.5 Å². The quantitative estimate of drug-likeness (QED) is 0.125. The maximum Gasteiger partial charge on any atom is 0.335 e. The summed E-state index contributed by atoms with van der Waals surface area (Å²) in [6.07, 6.45) is 0. The lowest BCUT2D eigenvalue weighted by Crippen LogP contribution is -2.43. The van der Waals surface area contributed by atoms with Crippen LogP contribution < -0.4 is 4.90 Å². The molecule has 5 nitrogen and oxygen atoms in total. The monoisotopic (exact) mass is 1130 g/mol. The normalized spacial score (nSPS) is 11.6. The number of aromatic carboxylic acids is 2. The molecule has 0 radical (unpaired) electrons. The topological polar surface area (TPSA) is 77.8 Å². The fourth-order valence-electron chi connectivity index (χ4n) is 8.19. The Hall–Kier alpha value is -6.05. The number of carboxylic acid groups (broad SMARTS) is 2. The van der Waals surface area contributed by atoms with Crippen molar-refractivity contribution in [3.63, 3.8) is 0 Å². The Bertz CT molecular complexity index is 2720. The molecule has 5 aromatic carbocycles. The van der Waals surface area contributed by atoms with E-state index in [0.29, 0.717) is 11.0 Å². The summed E-state index contributed by atoms with van der Waals surface area (Å²) in [4.78, 5) is 23.5. The van der Waals surface area contributed by atoms with Gasteiger partial charge in [-0.3, -0.25) is 0 Å². The Balaban J connectivity index is 0.000000958. The van der Waals surface area contributed by atoms with Gasteiger partial charge in [-0.25, -0.2) is 9.59 Å². The minimum Gasteiger partial charge on any atom is -0.478 e. The van der Waals surface area contributed by atoms with E-state index in [1.165, 1.54) is 16.9 Å². The number of rotatable bonds is 7. The van der Waals surface area contributed by atoms with E-state index in [1.807, 2.05) is 32.9 Å². The number of benzene rings is 5. The van der Waals surface area contributed by atoms with E-state index >= 15 is 0 Å². The van der Waals surface area contributed by atoms with Gasteiger partial charge >= 0.3 is 11.9 Å². The second kappa shape index (κ2) is 32.6. The SMILES string of the molecule is CC(C)(C)C#C[Si](C)(C)C.CC(C)(C)C#Cc1ccc(C(=O)O)cc1.CC(C)(C)N(c1ccccc1)c1ccccc1.CC(C)(C)c1ccc(C(=O)O)cc1.CC(C)(C)c1ccccc1.CC(C)[Si](C#CC(C)(C)C)(C(C)C)C(C)C. The van der Waals surface area contributed by atoms with Gasteiger partial charge in [-0.15, -0.1) is 22.9 Å². The van der Waals surface area contributed by atoms with Crippen molar-refractivity contribution in [1.29, 1.82) is 0 Å². The van der Waals surface area contributed by atoms with Gasteiger partial charge in [0.25, 0.3) is 0 Å². The molecule has 0 atom stereocenters. The summed E-state index contributed by atoms with van der Waals surface area (Å²) in [5, 5.41) is 17.4. The van der Waals surface area contributed by atoms with Crippen molar-refractivity contribution < 1.29 is 19.8 Å². The van der Waals surface area contributed by atoms with Crippen LogP contribution in [-0.2, 0) is 10.8 Å². The lowest BCUT2D eigenvalue weighted by Gasteiger charge is -2.38. The molecule has 0 aromatic heterocycles. The number of hydrogen-bond acceptors (Lipinski definition) is 3. The van der Waals surface area contributed by atoms with E-state index in [9.17, 15) is 9.59 Å². The molecule has 0 saturated carbocycles. The van der Waals surface area contributed by atoms with Crippen molar-refractivity contribution in [2.24, 2.45) is 16.2 Å². The maximum absolute atomic E-state index is 10.6. The fourth-order valence-corrected chi connectivity index (χ4v) is 14.4. The number of anilines is 2. The zero-order valence-electron chi connectivity index (χ0n) is 55.7. The first-order valence-corrected chi connectivity index (χ1v) is 34.7. The number of nitrogens with zero attached hydrogens (tertiary/aromatic N) is 1. The molecule has 0 saturated heterocycles. The van der Waals surface area contributed by atoms with Crippen molar-refractivity contribution in [2.45, 2.75) is 219 Å². The Morgan fingerprint density at radius 1 is 0.407 bits per heavy atom. The van der Waals surface area contributed by atoms with E-state index < -0.39 is 28.1 Å². The van der Waals surface area contributed by atoms with E-state index in [1.54, 1.807) is 36.4 Å². The average molecular weight is 1130 g/mol. The van der Waals surface area contributed by atoms with Crippen LogP contribution >= 0.6 is 0 Å². The molecule has 0 heterocycles. The molecular weight excluding hydrogens is 1020 g/mol. The van der Waals surface area contributed by atoms with Gasteiger partial charge in [0, 0.05) is 38.7 Å². The van der Waals surface area contributed by atoms with Crippen molar-refractivity contribution in [3.05, 3.63) is 167 Å². The summed E-state index contributed by atoms with van der Waals surface area (Å²) in [5.41, 5.74) is 16.5. The zero-order chi connectivity index (χ0) is 63.0. The molecule has 81 heavy (non-hydrogen) atoms. The second-order valence-electron chi connectivity index (χ2n) is 29.0. The smallest absolute Gasteiger partial charge is 0.335 e. The van der Waals surface area contributed by atoms with Crippen LogP contribution in [0.25, 0.3) is 0 Å². The summed E-state index contributed by atoms with van der Waals surface area (Å²) in [5.74, 6) is 11.1. The highest BCUT2D eigenvalue weighted by atomic mass is 28.3. The molecule has 0 aliphatic rings. The molecule has 0 aliphatic carbocycles. The molecule has 5 rings (SSSR count). The first-order chi connectivity index (χ1) is 36.7. The van der Waals surface area contributed by atoms with Gasteiger partial charge in [0.05, 0.1) is 11.1 Å². The summed E-state index contributed by atoms with van der Waals surface area (Å²) in [6.45, 7) is 59.8. The van der Waals surface area contributed by atoms with Gasteiger partial charge in [0.2, 0.25) is 0 Å². The number of hydrogen-bond donors (Lipinski definition) is 2. The minimum absolute atomic E-state index is 0.0362. The third-order valence-corrected chi connectivity index (χ3v) is 19.5. The highest BCUT2D eigenvalue weighted by Crippen LogP contribution is 2.41. The average Bonchev–Trinajstić information content (AvgIpc) is 3.33. The van der Waals surface area contributed by atoms with Crippen LogP contribution in [0.15, 0.2) is 140 Å². The third-order valence-electron chi connectivity index (χ3n) is 12.4. The predicted octanol–water partition coefficient (Wildman–Crippen LogP) is 21.2. The van der Waals surface area contributed by atoms with Gasteiger partial charge < -0.3 is 15.1 Å². The van der Waals surface area contributed by atoms with Gasteiger partial charge in [0.1, 0.15) is 16.1 Å². The molecule has 0 bridgehead atoms. The van der Waals surface area contributed by atoms with Crippen molar-refractivity contribution in [3.8, 4) is 34.8 Å². The largest absolute Gasteiger partial charge is 0.478 e. The third kappa shape index (κ3) is 31.7. The van der Waals surface area contributed by atoms with Crippen LogP contribution in [0.1, 0.15) is 204 Å². The molecular formula is C74H109NO4Si2. The highest BCUT2D eigenvalue weighted by Gasteiger charge is 2.42. The molecule has 0 fully saturated rings. The summed E-state index contributed by atoms with van der Waals surface area (Å²) in [6, 6.07) is 45.2. The summed E-state index contributed by atoms with van der Waals surface area (Å²) < 4.78 is 0. The van der Waals surface area contributed by atoms with Gasteiger partial charge in [-0.05, 0) is 182 Å².